The maximum Gasteiger partial charge on any atom is 0.501 e. The van der Waals surface area contributed by atoms with Crippen LogP contribution in [0.25, 0.3) is 10.9 Å². The van der Waals surface area contributed by atoms with Crippen LogP contribution in [0.2, 0.25) is 0 Å². The molecule has 0 aliphatic carbocycles. The fourth-order valence-corrected chi connectivity index (χ4v) is 5.59. The van der Waals surface area contributed by atoms with Gasteiger partial charge in [0.2, 0.25) is 5.52 Å². The second-order valence-electron chi connectivity index (χ2n) is 7.50. The summed E-state index contributed by atoms with van der Waals surface area (Å²) in [4.78, 5) is 5.19. The SMILES string of the molecule is O=C(Nc1c(I)cc(C(F)(C(F)(F)F)C(F)(F)Br)cc1S(=O)(=O)C(F)(F)F)c1ccc2ccc[n+]([O-])c2c1. The second kappa shape index (κ2) is 9.68. The van der Waals surface area contributed by atoms with Crippen molar-refractivity contribution >= 4 is 70.9 Å². The van der Waals surface area contributed by atoms with E-state index >= 15 is 0 Å². The highest BCUT2D eigenvalue weighted by Gasteiger charge is 2.71. The number of carbonyl (C=O) groups is 1. The number of carbonyl (C=O) groups excluding carboxylic acids is 1. The van der Waals surface area contributed by atoms with E-state index in [4.69, 9.17) is 0 Å². The molecule has 1 atom stereocenters. The summed E-state index contributed by atoms with van der Waals surface area (Å²) in [6, 6.07) is 5.63. The molecular weight excluding hydrogens is 742 g/mol. The summed E-state index contributed by atoms with van der Waals surface area (Å²) >= 11 is 2.18. The van der Waals surface area contributed by atoms with Gasteiger partial charge in [-0.3, -0.25) is 4.79 Å². The molecule has 0 spiro atoms. The zero-order valence-corrected chi connectivity index (χ0v) is 22.3. The van der Waals surface area contributed by atoms with E-state index in [0.29, 0.717) is 10.1 Å². The summed E-state index contributed by atoms with van der Waals surface area (Å²) in [7, 11) is -6.64. The Kier molecular flexibility index (Phi) is 7.70. The van der Waals surface area contributed by atoms with Gasteiger partial charge in [-0.05, 0) is 68.9 Å². The molecule has 1 heterocycles. The highest BCUT2D eigenvalue weighted by atomic mass is 127. The molecule has 0 bridgehead atoms. The Morgan fingerprint density at radius 2 is 1.58 bits per heavy atom. The predicted octanol–water partition coefficient (Wildman–Crippen LogP) is 6.34. The number of hydrogen-bond acceptors (Lipinski definition) is 4. The lowest BCUT2D eigenvalue weighted by molar-refractivity contribution is -0.577. The lowest BCUT2D eigenvalue weighted by atomic mass is 9.95. The summed E-state index contributed by atoms with van der Waals surface area (Å²) in [5, 5.41) is 14.0. The van der Waals surface area contributed by atoms with Gasteiger partial charge in [0.15, 0.2) is 6.20 Å². The minimum absolute atomic E-state index is 0.0141. The molecule has 6 nitrogen and oxygen atoms in total. The molecule has 1 aromatic heterocycles. The van der Waals surface area contributed by atoms with Crippen molar-refractivity contribution in [3.8, 4) is 0 Å². The van der Waals surface area contributed by atoms with Crippen molar-refractivity contribution in [2.24, 2.45) is 0 Å². The largest absolute Gasteiger partial charge is 0.618 e. The van der Waals surface area contributed by atoms with Crippen LogP contribution in [0.5, 0.6) is 0 Å². The van der Waals surface area contributed by atoms with Crippen molar-refractivity contribution in [3.05, 3.63) is 68.6 Å². The van der Waals surface area contributed by atoms with Crippen LogP contribution in [0.3, 0.4) is 0 Å². The molecule has 3 aromatic rings. The van der Waals surface area contributed by atoms with E-state index in [2.05, 4.69) is 0 Å². The number of halogens is 11. The summed E-state index contributed by atoms with van der Waals surface area (Å²) in [6.45, 7) is 0. The van der Waals surface area contributed by atoms with E-state index in [1.165, 1.54) is 34.1 Å². The third kappa shape index (κ3) is 5.13. The lowest BCUT2D eigenvalue weighted by Crippen LogP contribution is -2.49. The first kappa shape index (κ1) is 30.2. The average molecular weight is 751 g/mol. The maximum absolute atomic E-state index is 14.9. The summed E-state index contributed by atoms with van der Waals surface area (Å²) in [5.74, 6) is -1.33. The third-order valence-electron chi connectivity index (χ3n) is 5.09. The Morgan fingerprint density at radius 1 is 0.974 bits per heavy atom. The van der Waals surface area contributed by atoms with Crippen LogP contribution in [0, 0.1) is 8.78 Å². The summed E-state index contributed by atoms with van der Waals surface area (Å²) in [5.41, 5.74) is -15.8. The summed E-state index contributed by atoms with van der Waals surface area (Å²) in [6.07, 6.45) is -5.38. The van der Waals surface area contributed by atoms with Gasteiger partial charge in [-0.15, -0.1) is 0 Å². The van der Waals surface area contributed by atoms with E-state index in [0.717, 1.165) is 40.9 Å². The van der Waals surface area contributed by atoms with Crippen molar-refractivity contribution in [1.82, 2.24) is 0 Å². The van der Waals surface area contributed by atoms with Crippen molar-refractivity contribution < 1.29 is 57.5 Å². The second-order valence-corrected chi connectivity index (χ2v) is 11.6. The van der Waals surface area contributed by atoms with E-state index in [1.54, 1.807) is 5.32 Å². The van der Waals surface area contributed by atoms with Gasteiger partial charge >= 0.3 is 22.2 Å². The third-order valence-corrected chi connectivity index (χ3v) is 8.00. The van der Waals surface area contributed by atoms with Crippen LogP contribution in [-0.2, 0) is 15.5 Å². The first-order chi connectivity index (χ1) is 17.1. The van der Waals surface area contributed by atoms with Crippen LogP contribution in [0.4, 0.5) is 45.2 Å². The quantitative estimate of drug-likeness (QED) is 0.109. The molecule has 38 heavy (non-hydrogen) atoms. The minimum Gasteiger partial charge on any atom is -0.618 e. The van der Waals surface area contributed by atoms with Gasteiger partial charge in [-0.2, -0.15) is 39.9 Å². The molecule has 1 N–H and O–H groups in total. The molecule has 0 radical (unpaired) electrons. The van der Waals surface area contributed by atoms with E-state index in [9.17, 15) is 57.9 Å². The van der Waals surface area contributed by atoms with Gasteiger partial charge in [0.25, 0.3) is 15.7 Å². The monoisotopic (exact) mass is 750 g/mol. The van der Waals surface area contributed by atoms with Crippen LogP contribution in [-0.4, -0.2) is 30.8 Å². The van der Waals surface area contributed by atoms with Gasteiger partial charge < -0.3 is 10.5 Å². The summed E-state index contributed by atoms with van der Waals surface area (Å²) < 4.78 is 147. The number of anilines is 1. The number of rotatable bonds is 5. The number of benzene rings is 2. The molecule has 0 saturated heterocycles. The fourth-order valence-electron chi connectivity index (χ4n) is 3.23. The number of nitrogens with zero attached hydrogens (tertiary/aromatic N) is 1. The number of amides is 1. The molecule has 3 rings (SSSR count). The first-order valence-electron chi connectivity index (χ1n) is 9.54. The smallest absolute Gasteiger partial charge is 0.501 e. The Labute approximate surface area is 228 Å². The first-order valence-corrected chi connectivity index (χ1v) is 12.9. The maximum atomic E-state index is 14.9. The molecule has 0 fully saturated rings. The highest BCUT2D eigenvalue weighted by molar-refractivity contribution is 14.1. The van der Waals surface area contributed by atoms with Crippen LogP contribution >= 0.6 is 38.5 Å². The Morgan fingerprint density at radius 3 is 2.11 bits per heavy atom. The molecule has 0 aliphatic heterocycles. The van der Waals surface area contributed by atoms with Gasteiger partial charge in [0.1, 0.15) is 4.90 Å². The van der Waals surface area contributed by atoms with Crippen LogP contribution < -0.4 is 10.0 Å². The van der Waals surface area contributed by atoms with Gasteiger partial charge in [-0.25, -0.2) is 12.8 Å². The average Bonchev–Trinajstić information content (AvgIpc) is 2.77. The van der Waals surface area contributed by atoms with Gasteiger partial charge in [-0.1, -0.05) is 0 Å². The standard InChI is InChI=1S/C20H9BrF9IN2O4S/c21-18(23,24)17(22,19(25,26)27)11-7-12(31)15(14(8-11)38(36,37)20(28,29)30)32-16(34)10-4-3-9-2-1-5-33(35)13(9)6-10/h1-8H,(H,32,34). The van der Waals surface area contributed by atoms with Gasteiger partial charge in [0.05, 0.1) is 5.69 Å². The van der Waals surface area contributed by atoms with Crippen molar-refractivity contribution in [2.45, 2.75) is 27.1 Å². The van der Waals surface area contributed by atoms with Crippen molar-refractivity contribution in [1.29, 1.82) is 0 Å². The number of sulfone groups is 1. The molecular formula is C20H9BrF9IN2O4S. The number of alkyl halides is 10. The predicted molar refractivity (Wildman–Crippen MR) is 126 cm³/mol. The molecule has 18 heteroatoms. The molecule has 206 valence electrons. The Balaban J connectivity index is 2.27. The Bertz CT molecular complexity index is 1530. The number of aromatic nitrogens is 1. The van der Waals surface area contributed by atoms with E-state index in [1.807, 2.05) is 0 Å². The molecule has 1 unspecified atom stereocenters. The number of fused-ring (bicyclic) bond motifs is 1. The van der Waals surface area contributed by atoms with Crippen molar-refractivity contribution in [2.75, 3.05) is 5.32 Å². The topological polar surface area (TPSA) is 90.2 Å². The minimum atomic E-state index is -6.64. The van der Waals surface area contributed by atoms with E-state index < -0.39 is 69.3 Å². The number of pyridine rings is 1. The fraction of sp³-hybridized carbons (Fsp3) is 0.200. The molecule has 1 amide bonds. The lowest BCUT2D eigenvalue weighted by Gasteiger charge is -2.32. The number of nitrogens with one attached hydrogen (secondary N) is 1. The highest BCUT2D eigenvalue weighted by Crippen LogP contribution is 2.56. The number of hydrogen-bond donors (Lipinski definition) is 1. The van der Waals surface area contributed by atoms with E-state index in [-0.39, 0.29) is 11.6 Å². The Hall–Kier alpha value is -2.35. The zero-order chi connectivity index (χ0) is 29.1. The normalized spacial score (nSPS) is 14.8. The van der Waals surface area contributed by atoms with Gasteiger partial charge in [0, 0.05) is 32.2 Å². The molecule has 0 saturated carbocycles. The zero-order valence-electron chi connectivity index (χ0n) is 17.8. The molecule has 0 aliphatic rings. The molecule has 2 aromatic carbocycles. The van der Waals surface area contributed by atoms with Crippen LogP contribution in [0.1, 0.15) is 15.9 Å². The van der Waals surface area contributed by atoms with Crippen LogP contribution in [0.15, 0.2) is 53.6 Å². The van der Waals surface area contributed by atoms with Crippen molar-refractivity contribution in [3.63, 3.8) is 0 Å².